The number of hydrogen-bond acceptors (Lipinski definition) is 2. The van der Waals surface area contributed by atoms with Gasteiger partial charge in [-0.25, -0.2) is 0 Å². The number of esters is 1. The number of carbonyl (C=O) groups excluding carboxylic acids is 1. The van der Waals surface area contributed by atoms with E-state index in [1.165, 1.54) is 0 Å². The molecule has 2 nitrogen and oxygen atoms in total. The smallest absolute Gasteiger partial charge is 0.309 e. The molecule has 4 heteroatoms. The van der Waals surface area contributed by atoms with Crippen LogP contribution in [0.4, 0.5) is 0 Å². The average molecular weight is 300 g/mol. The summed E-state index contributed by atoms with van der Waals surface area (Å²) in [5, 5.41) is 0. The maximum Gasteiger partial charge on any atom is 0.309 e. The summed E-state index contributed by atoms with van der Waals surface area (Å²) in [6.45, 7) is 4.32. The minimum Gasteiger partial charge on any atom is -0.466 e. The van der Waals surface area contributed by atoms with Crippen LogP contribution in [0.3, 0.4) is 0 Å². The van der Waals surface area contributed by atoms with Gasteiger partial charge in [-0.3, -0.25) is 4.79 Å². The molecule has 0 aromatic rings. The Morgan fingerprint density at radius 3 is 2.58 bits per heavy atom. The van der Waals surface area contributed by atoms with Crippen LogP contribution in [0.15, 0.2) is 0 Å². The van der Waals surface area contributed by atoms with Crippen LogP contribution >= 0.6 is 31.9 Å². The van der Waals surface area contributed by atoms with Crippen molar-refractivity contribution in [2.75, 3.05) is 6.61 Å². The van der Waals surface area contributed by atoms with Crippen molar-refractivity contribution in [3.8, 4) is 0 Å². The number of carbonyl (C=O) groups is 1. The van der Waals surface area contributed by atoms with Gasteiger partial charge in [-0.2, -0.15) is 0 Å². The molecular weight excluding hydrogens is 288 g/mol. The van der Waals surface area contributed by atoms with E-state index in [9.17, 15) is 4.79 Å². The van der Waals surface area contributed by atoms with Crippen molar-refractivity contribution in [1.82, 2.24) is 0 Å². The highest BCUT2D eigenvalue weighted by molar-refractivity contribution is 9.25. The first-order valence-electron chi connectivity index (χ1n) is 4.01. The van der Waals surface area contributed by atoms with Gasteiger partial charge in [-0.1, -0.05) is 31.9 Å². The molecule has 0 aromatic heterocycles. The molecule has 1 fully saturated rings. The fraction of sp³-hybridized carbons (Fsp3) is 0.875. The monoisotopic (exact) mass is 298 g/mol. The molecule has 0 saturated heterocycles. The Labute approximate surface area is 89.3 Å². The Bertz CT molecular complexity index is 186. The van der Waals surface area contributed by atoms with Crippen LogP contribution in [0.1, 0.15) is 20.3 Å². The molecule has 0 aliphatic heterocycles. The molecule has 0 heterocycles. The normalized spacial score (nSPS) is 28.3. The first-order valence-corrected chi connectivity index (χ1v) is 5.60. The average Bonchev–Trinajstić information content (AvgIpc) is 2.62. The van der Waals surface area contributed by atoms with Gasteiger partial charge in [0.15, 0.2) is 0 Å². The van der Waals surface area contributed by atoms with Crippen molar-refractivity contribution in [3.63, 3.8) is 0 Å². The molecule has 1 rings (SSSR count). The minimum absolute atomic E-state index is 0.0624. The summed E-state index contributed by atoms with van der Waals surface area (Å²) in [5.41, 5.74) is 0. The van der Waals surface area contributed by atoms with Gasteiger partial charge >= 0.3 is 5.97 Å². The van der Waals surface area contributed by atoms with Crippen LogP contribution in [-0.2, 0) is 9.53 Å². The van der Waals surface area contributed by atoms with E-state index in [1.807, 2.05) is 13.8 Å². The van der Waals surface area contributed by atoms with E-state index in [0.29, 0.717) is 12.5 Å². The first-order chi connectivity index (χ1) is 5.46. The second-order valence-electron chi connectivity index (χ2n) is 3.16. The van der Waals surface area contributed by atoms with E-state index in [0.717, 1.165) is 6.42 Å². The summed E-state index contributed by atoms with van der Waals surface area (Å²) in [5.74, 6) is 0.401. The molecule has 0 spiro atoms. The van der Waals surface area contributed by atoms with E-state index < -0.39 is 0 Å². The fourth-order valence-corrected chi connectivity index (χ4v) is 2.28. The molecule has 1 aliphatic rings. The van der Waals surface area contributed by atoms with Crippen LogP contribution in [0.2, 0.25) is 0 Å². The Balaban J connectivity index is 2.37. The zero-order valence-corrected chi connectivity index (χ0v) is 10.3. The van der Waals surface area contributed by atoms with Gasteiger partial charge in [0.2, 0.25) is 0 Å². The molecule has 1 saturated carbocycles. The van der Waals surface area contributed by atoms with Gasteiger partial charge < -0.3 is 4.74 Å². The molecule has 0 amide bonds. The highest BCUT2D eigenvalue weighted by Crippen LogP contribution is 2.53. The number of alkyl halides is 2. The minimum atomic E-state index is -0.114. The predicted molar refractivity (Wildman–Crippen MR) is 54.5 cm³/mol. The lowest BCUT2D eigenvalue weighted by Crippen LogP contribution is -2.15. The van der Waals surface area contributed by atoms with Gasteiger partial charge in [0.25, 0.3) is 0 Å². The van der Waals surface area contributed by atoms with Crippen LogP contribution in [0.5, 0.6) is 0 Å². The third kappa shape index (κ3) is 2.46. The maximum atomic E-state index is 11.2. The maximum absolute atomic E-state index is 11.2. The molecule has 2 unspecified atom stereocenters. The molecular formula is C8H12Br2O2. The third-order valence-corrected chi connectivity index (χ3v) is 3.21. The van der Waals surface area contributed by atoms with E-state index in [4.69, 9.17) is 4.74 Å². The third-order valence-electron chi connectivity index (χ3n) is 2.03. The van der Waals surface area contributed by atoms with Crippen LogP contribution in [0, 0.1) is 11.8 Å². The van der Waals surface area contributed by atoms with Crippen LogP contribution < -0.4 is 0 Å². The van der Waals surface area contributed by atoms with Crippen molar-refractivity contribution >= 4 is 37.8 Å². The van der Waals surface area contributed by atoms with Crippen LogP contribution in [0.25, 0.3) is 0 Å². The Morgan fingerprint density at radius 1 is 1.67 bits per heavy atom. The highest BCUT2D eigenvalue weighted by Gasteiger charge is 2.52. The quantitative estimate of drug-likeness (QED) is 0.592. The van der Waals surface area contributed by atoms with Gasteiger partial charge in [0.1, 0.15) is 0 Å². The van der Waals surface area contributed by atoms with E-state index in [2.05, 4.69) is 31.9 Å². The summed E-state index contributed by atoms with van der Waals surface area (Å²) < 4.78 is 4.80. The number of ether oxygens (including phenoxy) is 1. The van der Waals surface area contributed by atoms with Crippen molar-refractivity contribution < 1.29 is 9.53 Å². The topological polar surface area (TPSA) is 26.3 Å². The molecule has 0 aromatic carbocycles. The van der Waals surface area contributed by atoms with Crippen molar-refractivity contribution in [1.29, 1.82) is 0 Å². The fourth-order valence-electron chi connectivity index (χ4n) is 1.27. The van der Waals surface area contributed by atoms with Crippen molar-refractivity contribution in [2.24, 2.45) is 11.8 Å². The zero-order valence-electron chi connectivity index (χ0n) is 7.14. The summed E-state index contributed by atoms with van der Waals surface area (Å²) in [7, 11) is 0. The van der Waals surface area contributed by atoms with Gasteiger partial charge in [-0.15, -0.1) is 0 Å². The largest absolute Gasteiger partial charge is 0.466 e. The molecule has 0 N–H and O–H groups in total. The first kappa shape index (κ1) is 10.5. The van der Waals surface area contributed by atoms with E-state index >= 15 is 0 Å². The molecule has 12 heavy (non-hydrogen) atoms. The molecule has 2 atom stereocenters. The van der Waals surface area contributed by atoms with Crippen molar-refractivity contribution in [3.05, 3.63) is 0 Å². The highest BCUT2D eigenvalue weighted by atomic mass is 79.9. The van der Waals surface area contributed by atoms with Gasteiger partial charge in [-0.05, 0) is 26.2 Å². The Morgan fingerprint density at radius 2 is 2.25 bits per heavy atom. The lowest BCUT2D eigenvalue weighted by molar-refractivity contribution is -0.145. The lowest BCUT2D eigenvalue weighted by atomic mass is 10.2. The summed E-state index contributed by atoms with van der Waals surface area (Å²) in [6.07, 6.45) is 0.922. The molecule has 1 aliphatic carbocycles. The summed E-state index contributed by atoms with van der Waals surface area (Å²) >= 11 is 6.95. The molecule has 70 valence electrons. The summed E-state index contributed by atoms with van der Waals surface area (Å²) in [4.78, 5) is 11.2. The Hall–Kier alpha value is 0.430. The second kappa shape index (κ2) is 3.66. The van der Waals surface area contributed by atoms with E-state index in [1.54, 1.807) is 0 Å². The molecule has 0 bridgehead atoms. The standard InChI is InChI=1S/C8H12Br2O2/c1-3-12-7(11)5-4-6(5)8(2,9)10/h5-6H,3-4H2,1-2H3. The lowest BCUT2D eigenvalue weighted by Gasteiger charge is -2.12. The number of rotatable bonds is 3. The zero-order chi connectivity index (χ0) is 9.35. The Kier molecular flexibility index (Phi) is 3.21. The van der Waals surface area contributed by atoms with Gasteiger partial charge in [0.05, 0.1) is 15.8 Å². The number of halogens is 2. The summed E-state index contributed by atoms with van der Waals surface area (Å²) in [6, 6.07) is 0. The van der Waals surface area contributed by atoms with Crippen LogP contribution in [-0.4, -0.2) is 15.8 Å². The molecule has 0 radical (unpaired) electrons. The van der Waals surface area contributed by atoms with Gasteiger partial charge in [0, 0.05) is 0 Å². The number of hydrogen-bond donors (Lipinski definition) is 0. The predicted octanol–water partition coefficient (Wildman–Crippen LogP) is 2.69. The second-order valence-corrected chi connectivity index (χ2v) is 7.52. The SMILES string of the molecule is CCOC(=O)C1CC1C(C)(Br)Br. The van der Waals surface area contributed by atoms with E-state index in [-0.39, 0.29) is 15.1 Å². The van der Waals surface area contributed by atoms with Crippen molar-refractivity contribution in [2.45, 2.75) is 23.5 Å².